The lowest BCUT2D eigenvalue weighted by molar-refractivity contribution is -0.167. The van der Waals surface area contributed by atoms with E-state index < -0.39 is 6.10 Å². The molecule has 0 bridgehead atoms. The number of esters is 3. The number of allylic oxidation sites excluding steroid dienone is 18. The molecule has 0 amide bonds. The molecule has 464 valence electrons. The fourth-order valence-corrected chi connectivity index (χ4v) is 9.66. The van der Waals surface area contributed by atoms with Crippen molar-refractivity contribution in [3.63, 3.8) is 0 Å². The van der Waals surface area contributed by atoms with Gasteiger partial charge >= 0.3 is 17.9 Å². The minimum Gasteiger partial charge on any atom is -0.462 e. The van der Waals surface area contributed by atoms with Gasteiger partial charge in [-0.25, -0.2) is 0 Å². The molecule has 0 aromatic heterocycles. The topological polar surface area (TPSA) is 78.9 Å². The average molecular weight is 1130 g/mol. The van der Waals surface area contributed by atoms with Crippen LogP contribution in [0.5, 0.6) is 0 Å². The van der Waals surface area contributed by atoms with Crippen LogP contribution in [0.2, 0.25) is 0 Å². The van der Waals surface area contributed by atoms with Crippen molar-refractivity contribution in [2.75, 3.05) is 13.2 Å². The predicted octanol–water partition coefficient (Wildman–Crippen LogP) is 23.8. The monoisotopic (exact) mass is 1120 g/mol. The van der Waals surface area contributed by atoms with E-state index in [0.29, 0.717) is 19.3 Å². The van der Waals surface area contributed by atoms with E-state index in [2.05, 4.69) is 130 Å². The summed E-state index contributed by atoms with van der Waals surface area (Å²) < 4.78 is 17.0. The zero-order valence-corrected chi connectivity index (χ0v) is 53.3. The summed E-state index contributed by atoms with van der Waals surface area (Å²) in [6.07, 6.45) is 93.8. The quantitative estimate of drug-likeness (QED) is 0.0261. The van der Waals surface area contributed by atoms with Crippen molar-refractivity contribution in [2.45, 2.75) is 335 Å². The second kappa shape index (κ2) is 68.6. The number of ether oxygens (including phenoxy) is 3. The Morgan fingerprint density at radius 2 is 0.481 bits per heavy atom. The fourth-order valence-electron chi connectivity index (χ4n) is 9.66. The summed E-state index contributed by atoms with van der Waals surface area (Å²) in [7, 11) is 0. The lowest BCUT2D eigenvalue weighted by Crippen LogP contribution is -2.30. The maximum atomic E-state index is 13.0. The van der Waals surface area contributed by atoms with Crippen LogP contribution in [-0.4, -0.2) is 37.2 Å². The number of rotatable bonds is 62. The predicted molar refractivity (Wildman–Crippen MR) is 353 cm³/mol. The van der Waals surface area contributed by atoms with Crippen molar-refractivity contribution in [1.82, 2.24) is 0 Å². The zero-order chi connectivity index (χ0) is 58.5. The van der Waals surface area contributed by atoms with Gasteiger partial charge in [0.15, 0.2) is 6.10 Å². The molecule has 1 atom stereocenters. The Morgan fingerprint density at radius 3 is 0.765 bits per heavy atom. The van der Waals surface area contributed by atoms with Gasteiger partial charge in [0.1, 0.15) is 13.2 Å². The molecule has 6 nitrogen and oxygen atoms in total. The highest BCUT2D eigenvalue weighted by molar-refractivity contribution is 5.71. The van der Waals surface area contributed by atoms with Gasteiger partial charge in [0.05, 0.1) is 0 Å². The van der Waals surface area contributed by atoms with Crippen LogP contribution >= 0.6 is 0 Å². The maximum Gasteiger partial charge on any atom is 0.306 e. The number of hydrogen-bond donors (Lipinski definition) is 0. The molecule has 0 aliphatic heterocycles. The van der Waals surface area contributed by atoms with Crippen LogP contribution in [0.1, 0.15) is 329 Å². The van der Waals surface area contributed by atoms with E-state index >= 15 is 0 Å². The van der Waals surface area contributed by atoms with Gasteiger partial charge in [-0.2, -0.15) is 0 Å². The first kappa shape index (κ1) is 77.1. The van der Waals surface area contributed by atoms with Crippen molar-refractivity contribution in [3.05, 3.63) is 109 Å². The Bertz CT molecular complexity index is 1620. The molecular weight excluding hydrogens is 997 g/mol. The van der Waals surface area contributed by atoms with Crippen LogP contribution in [-0.2, 0) is 28.6 Å². The molecule has 1 unspecified atom stereocenters. The van der Waals surface area contributed by atoms with Crippen molar-refractivity contribution in [3.8, 4) is 0 Å². The van der Waals surface area contributed by atoms with E-state index in [0.717, 1.165) is 116 Å². The van der Waals surface area contributed by atoms with Gasteiger partial charge in [0, 0.05) is 19.3 Å². The molecule has 0 heterocycles. The van der Waals surface area contributed by atoms with Crippen molar-refractivity contribution < 1.29 is 28.6 Å². The molecule has 0 radical (unpaired) electrons. The molecule has 0 N–H and O–H groups in total. The minimum absolute atomic E-state index is 0.0830. The smallest absolute Gasteiger partial charge is 0.306 e. The van der Waals surface area contributed by atoms with E-state index in [9.17, 15) is 14.4 Å². The first-order chi connectivity index (χ1) is 40.0. The SMILES string of the molecule is CC/C=C\C/C=C\C/C=C\C/C=C\CCCCCCCCCCCCCCC(=O)OCC(COC(=O)CCCCCCCCC/C=C\CCCCCCCC)OC(=O)CCCCCCCCCC/C=C\C/C=C\C/C=C\C/C=C\CC. The molecule has 0 rings (SSSR count). The Hall–Kier alpha value is -3.93. The Balaban J connectivity index is 4.37. The standard InChI is InChI=1S/C75H128O6/c1-4-7-10-13-16-19-22-25-28-31-33-35-36-37-38-40-41-44-47-50-53-56-59-62-65-68-74(77)80-71-72(70-79-73(76)67-64-61-58-55-52-49-46-43-30-27-24-21-18-15-12-9-6-3)81-75(78)69-66-63-60-57-54-51-48-45-42-39-34-32-29-26-23-20-17-14-11-8-5-2/h7-8,10-11,16-17,19-20,25-30,33-35,39,72H,4-6,9,12-15,18,21-24,31-32,36-38,40-71H2,1-3H3/b10-7-,11-8-,19-16-,20-17-,28-25-,29-26-,30-27-,35-33-,39-34-. The third-order valence-corrected chi connectivity index (χ3v) is 14.7. The molecule has 0 aromatic rings. The molecule has 0 fully saturated rings. The Kier molecular flexibility index (Phi) is 65.2. The third kappa shape index (κ3) is 66.8. The summed E-state index contributed by atoms with van der Waals surface area (Å²) in [5, 5.41) is 0. The molecular formula is C75H128O6. The van der Waals surface area contributed by atoms with Gasteiger partial charge in [-0.3, -0.25) is 14.4 Å². The van der Waals surface area contributed by atoms with Crippen LogP contribution in [0.25, 0.3) is 0 Å². The van der Waals surface area contributed by atoms with Crippen LogP contribution in [0.4, 0.5) is 0 Å². The fraction of sp³-hybridized carbons (Fsp3) is 0.720. The van der Waals surface area contributed by atoms with E-state index in [1.54, 1.807) is 0 Å². The normalized spacial score (nSPS) is 12.8. The van der Waals surface area contributed by atoms with Gasteiger partial charge in [-0.15, -0.1) is 0 Å². The van der Waals surface area contributed by atoms with Crippen LogP contribution < -0.4 is 0 Å². The minimum atomic E-state index is -0.788. The molecule has 81 heavy (non-hydrogen) atoms. The second-order valence-corrected chi connectivity index (χ2v) is 22.7. The van der Waals surface area contributed by atoms with Gasteiger partial charge in [0.25, 0.3) is 0 Å². The summed E-state index contributed by atoms with van der Waals surface area (Å²) in [4.78, 5) is 38.5. The van der Waals surface area contributed by atoms with Crippen LogP contribution in [0.3, 0.4) is 0 Å². The molecule has 0 aliphatic rings. The molecule has 0 saturated heterocycles. The van der Waals surface area contributed by atoms with E-state index in [4.69, 9.17) is 14.2 Å². The number of carbonyl (C=O) groups excluding carboxylic acids is 3. The first-order valence-electron chi connectivity index (χ1n) is 34.4. The van der Waals surface area contributed by atoms with E-state index in [-0.39, 0.29) is 31.1 Å². The summed E-state index contributed by atoms with van der Waals surface area (Å²) >= 11 is 0. The third-order valence-electron chi connectivity index (χ3n) is 14.7. The lowest BCUT2D eigenvalue weighted by Gasteiger charge is -2.18. The van der Waals surface area contributed by atoms with Crippen molar-refractivity contribution >= 4 is 17.9 Å². The van der Waals surface area contributed by atoms with E-state index in [1.165, 1.54) is 173 Å². The van der Waals surface area contributed by atoms with Gasteiger partial charge in [0.2, 0.25) is 0 Å². The molecule has 0 spiro atoms. The van der Waals surface area contributed by atoms with Gasteiger partial charge < -0.3 is 14.2 Å². The highest BCUT2D eigenvalue weighted by Crippen LogP contribution is 2.17. The van der Waals surface area contributed by atoms with Crippen LogP contribution in [0.15, 0.2) is 109 Å². The largest absolute Gasteiger partial charge is 0.462 e. The highest BCUT2D eigenvalue weighted by atomic mass is 16.6. The molecule has 6 heteroatoms. The molecule has 0 saturated carbocycles. The lowest BCUT2D eigenvalue weighted by atomic mass is 10.0. The van der Waals surface area contributed by atoms with Gasteiger partial charge in [-0.1, -0.05) is 297 Å². The second-order valence-electron chi connectivity index (χ2n) is 22.7. The Morgan fingerprint density at radius 1 is 0.259 bits per heavy atom. The summed E-state index contributed by atoms with van der Waals surface area (Å²) in [5.41, 5.74) is 0. The number of unbranched alkanes of at least 4 members (excludes halogenated alkanes) is 33. The maximum absolute atomic E-state index is 13.0. The van der Waals surface area contributed by atoms with Crippen LogP contribution in [0, 0.1) is 0 Å². The summed E-state index contributed by atoms with van der Waals surface area (Å²) in [6, 6.07) is 0. The average Bonchev–Trinajstić information content (AvgIpc) is 3.47. The Labute approximate surface area is 501 Å². The first-order valence-corrected chi connectivity index (χ1v) is 34.4. The number of hydrogen-bond acceptors (Lipinski definition) is 6. The highest BCUT2D eigenvalue weighted by Gasteiger charge is 2.19. The molecule has 0 aliphatic carbocycles. The van der Waals surface area contributed by atoms with Crippen molar-refractivity contribution in [2.24, 2.45) is 0 Å². The number of carbonyl (C=O) groups is 3. The van der Waals surface area contributed by atoms with E-state index in [1.807, 2.05) is 0 Å². The molecule has 0 aromatic carbocycles. The van der Waals surface area contributed by atoms with Gasteiger partial charge in [-0.05, 0) is 122 Å². The van der Waals surface area contributed by atoms with Crippen molar-refractivity contribution in [1.29, 1.82) is 0 Å². The summed E-state index contributed by atoms with van der Waals surface area (Å²) in [5.74, 6) is -0.884. The summed E-state index contributed by atoms with van der Waals surface area (Å²) in [6.45, 7) is 6.44. The zero-order valence-electron chi connectivity index (χ0n) is 53.3.